The summed E-state index contributed by atoms with van der Waals surface area (Å²) in [6.45, 7) is 43.7. The van der Waals surface area contributed by atoms with Crippen molar-refractivity contribution in [3.8, 4) is 36.4 Å². The van der Waals surface area contributed by atoms with Crippen molar-refractivity contribution in [1.82, 2.24) is 39.9 Å². The molecule has 4 aromatic heterocycles. The minimum atomic E-state index is 0.542. The molecule has 17 heteroatoms. The lowest BCUT2D eigenvalue weighted by Crippen LogP contribution is -2.03. The van der Waals surface area contributed by atoms with Crippen molar-refractivity contribution in [1.29, 1.82) is 31.6 Å². The van der Waals surface area contributed by atoms with Gasteiger partial charge in [-0.25, -0.2) is 39.9 Å². The first kappa shape index (κ1) is 102. The molecule has 2 N–H and O–H groups in total. The molecule has 2 atom stereocenters. The van der Waals surface area contributed by atoms with Crippen LogP contribution in [0.1, 0.15) is 220 Å². The highest BCUT2D eigenvalue weighted by Crippen LogP contribution is 2.26. The highest BCUT2D eigenvalue weighted by Gasteiger charge is 2.14. The van der Waals surface area contributed by atoms with E-state index in [1.54, 1.807) is 24.4 Å². The Kier molecular flexibility index (Phi) is 45.6. The molecular formula is C108H113I2N15. The van der Waals surface area contributed by atoms with E-state index in [1.807, 2.05) is 164 Å². The van der Waals surface area contributed by atoms with Crippen LogP contribution in [0.5, 0.6) is 0 Å². The molecule has 2 unspecified atom stereocenters. The minimum absolute atomic E-state index is 0.542. The van der Waals surface area contributed by atoms with Crippen LogP contribution in [-0.4, -0.2) is 47.7 Å². The van der Waals surface area contributed by atoms with Crippen LogP contribution < -0.4 is 5.73 Å². The summed E-state index contributed by atoms with van der Waals surface area (Å²) in [5.74, 6) is 3.17. The van der Waals surface area contributed by atoms with Crippen LogP contribution in [0.15, 0.2) is 257 Å². The number of nitriles is 6. The summed E-state index contributed by atoms with van der Waals surface area (Å²) >= 11 is 4.81. The topological polar surface area (TPSA) is 272 Å². The van der Waals surface area contributed by atoms with Crippen LogP contribution in [-0.2, 0) is 51.4 Å². The van der Waals surface area contributed by atoms with E-state index >= 15 is 0 Å². The number of nitrogens with two attached hydrogens (primary N) is 1. The molecule has 634 valence electrons. The molecule has 0 saturated heterocycles. The lowest BCUT2D eigenvalue weighted by atomic mass is 9.95. The summed E-state index contributed by atoms with van der Waals surface area (Å²) in [4.78, 5) is 36.6. The van der Waals surface area contributed by atoms with Crippen LogP contribution in [0.25, 0.3) is 12.2 Å². The lowest BCUT2D eigenvalue weighted by molar-refractivity contribution is 0.911. The van der Waals surface area contributed by atoms with Crippen LogP contribution in [0.4, 0.5) is 0 Å². The number of nitrogens with zero attached hydrogens (tertiary/aromatic N) is 14. The van der Waals surface area contributed by atoms with Crippen molar-refractivity contribution >= 4 is 57.3 Å². The van der Waals surface area contributed by atoms with Gasteiger partial charge in [0.05, 0.1) is 58.7 Å². The smallest absolute Gasteiger partial charge is 0.132 e. The Morgan fingerprint density at radius 1 is 0.360 bits per heavy atom. The van der Waals surface area contributed by atoms with Gasteiger partial charge in [0.2, 0.25) is 0 Å². The molecule has 12 rings (SSSR count). The van der Waals surface area contributed by atoms with Gasteiger partial charge in [-0.1, -0.05) is 226 Å². The van der Waals surface area contributed by atoms with Gasteiger partial charge in [0, 0.05) is 125 Å². The van der Waals surface area contributed by atoms with E-state index in [1.165, 1.54) is 103 Å². The zero-order valence-electron chi connectivity index (χ0n) is 74.7. The molecule has 0 spiro atoms. The molecular weight excluding hydrogens is 1760 g/mol. The third kappa shape index (κ3) is 37.9. The van der Waals surface area contributed by atoms with Crippen molar-refractivity contribution in [2.45, 2.75) is 169 Å². The summed E-state index contributed by atoms with van der Waals surface area (Å²) in [6.07, 6.45) is 27.2. The summed E-state index contributed by atoms with van der Waals surface area (Å²) in [5.41, 5.74) is 37.2. The maximum atomic E-state index is 8.92. The molecule has 0 radical (unpaired) electrons. The Hall–Kier alpha value is -13.3. The highest BCUT2D eigenvalue weighted by atomic mass is 127. The van der Waals surface area contributed by atoms with E-state index in [9.17, 15) is 0 Å². The number of aromatic nitrogens is 8. The second-order valence-electron chi connectivity index (χ2n) is 30.1. The molecule has 12 aromatic rings. The number of hydrogen-bond donors (Lipinski definition) is 1. The van der Waals surface area contributed by atoms with Gasteiger partial charge in [0.25, 0.3) is 0 Å². The quantitative estimate of drug-likeness (QED) is 0.0286. The van der Waals surface area contributed by atoms with Crippen molar-refractivity contribution in [3.05, 3.63) is 437 Å². The Labute approximate surface area is 770 Å². The Balaban J connectivity index is 0.000000277. The van der Waals surface area contributed by atoms with E-state index in [4.69, 9.17) is 57.2 Å². The van der Waals surface area contributed by atoms with Gasteiger partial charge in [-0.3, -0.25) is 0 Å². The largest absolute Gasteiger partial charge is 0.399 e. The Bertz CT molecular complexity index is 5610. The second kappa shape index (κ2) is 55.7. The average Bonchev–Trinajstić information content (AvgIpc) is 0.838. The predicted molar refractivity (Wildman–Crippen MR) is 529 cm³/mol. The first-order valence-corrected chi connectivity index (χ1v) is 43.7. The molecule has 125 heavy (non-hydrogen) atoms. The summed E-state index contributed by atoms with van der Waals surface area (Å²) in [7, 11) is 0. The molecule has 8 aromatic carbocycles. The van der Waals surface area contributed by atoms with Crippen molar-refractivity contribution in [3.63, 3.8) is 0 Å². The molecule has 0 fully saturated rings. The zero-order valence-corrected chi connectivity index (χ0v) is 79.0. The molecule has 0 aliphatic rings. The van der Waals surface area contributed by atoms with Crippen molar-refractivity contribution < 1.29 is 0 Å². The first-order chi connectivity index (χ1) is 60.0. The SMILES string of the molecule is C=C(N)/C=C\c1cc(C)c(Cc2ccnc(Cc3ccc(C#N)cc3)n2)c(C)c1.C=CC#N.C=CC=C.CCC(C)I.CCC(C)I.Cc1cc(/C=C\C#N)cc(C)c1Cc1ccnc(Cc2ccc(C#N)cc2)n1.Cc1cc(C)c(Cc2ccnc(Cc3ccc(C#N)cc3)n2)c(C)c1.Cc1cc(C)c(Cc2ccnc(Cc3ccc(C#N)cc3)n2)c(C)c1. The number of halogens is 2. The second-order valence-corrected chi connectivity index (χ2v) is 34.3. The number of allylic oxidation sites excluding steroid dienone is 5. The number of aryl methyl sites for hydroxylation is 10. The molecule has 0 bridgehead atoms. The predicted octanol–water partition coefficient (Wildman–Crippen LogP) is 24.7. The Morgan fingerprint density at radius 2 is 0.584 bits per heavy atom. The van der Waals surface area contributed by atoms with E-state index in [0.717, 1.165) is 113 Å². The average molecular weight is 1880 g/mol. The normalized spacial score (nSPS) is 10.5. The maximum absolute atomic E-state index is 8.92. The van der Waals surface area contributed by atoms with E-state index in [0.29, 0.717) is 53.6 Å². The highest BCUT2D eigenvalue weighted by molar-refractivity contribution is 14.1. The van der Waals surface area contributed by atoms with Crippen LogP contribution >= 0.6 is 45.2 Å². The zero-order chi connectivity index (χ0) is 91.8. The van der Waals surface area contributed by atoms with Gasteiger partial charge >= 0.3 is 0 Å². The Morgan fingerprint density at radius 3 is 0.776 bits per heavy atom. The third-order valence-electron chi connectivity index (χ3n) is 19.6. The summed E-state index contributed by atoms with van der Waals surface area (Å²) < 4.78 is 1.71. The minimum Gasteiger partial charge on any atom is -0.399 e. The standard InChI is InChI=1S/C25H24N4.C24H20N4.2C22H21N3.2C4H9I.C4H6.C3H3N/c1-17-12-22(5-4-19(3)27)13-18(2)24(17)15-23-10-11-28-25(29-23)14-20-6-8-21(16-26)9-7-20;1-17-12-21(4-3-10-25)13-18(2)23(17)15-22-9-11-27-24(28-22)14-19-5-7-20(16-26)8-6-19;2*1-15-10-16(2)21(17(3)11-15)13-20-8-9-24-22(25-20)12-18-4-6-19(14-23)7-5-18;2*1-3-4(2)5;1-3-4-2;1-2-3-4/h4-13H,3,14-15,27H2,1-2H3;3-9,11-13H,14-15H2,1-2H3;2*4-11H,12-13H2,1-3H3;2*4H,3H2,1-2H3;3-4H,1-2H2;2H,1H2/b5-4-;4-3-;;;;;;. The van der Waals surface area contributed by atoms with Gasteiger partial charge in [-0.15, -0.1) is 0 Å². The fourth-order valence-corrected chi connectivity index (χ4v) is 12.9. The lowest BCUT2D eigenvalue weighted by Gasteiger charge is -2.12. The van der Waals surface area contributed by atoms with Crippen molar-refractivity contribution in [2.75, 3.05) is 0 Å². The van der Waals surface area contributed by atoms with E-state index in [-0.39, 0.29) is 0 Å². The fourth-order valence-electron chi connectivity index (χ4n) is 12.9. The third-order valence-corrected chi connectivity index (χ3v) is 21.4. The number of benzene rings is 8. The number of hydrogen-bond acceptors (Lipinski definition) is 15. The van der Waals surface area contributed by atoms with E-state index < -0.39 is 0 Å². The van der Waals surface area contributed by atoms with Crippen LogP contribution in [0.2, 0.25) is 0 Å². The molecule has 0 aliphatic heterocycles. The van der Waals surface area contributed by atoms with Crippen LogP contribution in [0, 0.1) is 137 Å². The fraction of sp³-hybridized carbons (Fsp3) is 0.241. The van der Waals surface area contributed by atoms with Gasteiger partial charge in [-0.05, 0) is 267 Å². The van der Waals surface area contributed by atoms with Gasteiger partial charge < -0.3 is 5.73 Å². The monoisotopic (exact) mass is 1870 g/mol. The molecule has 0 aliphatic carbocycles. The number of alkyl halides is 2. The van der Waals surface area contributed by atoms with Gasteiger partial charge in [0.1, 0.15) is 23.3 Å². The van der Waals surface area contributed by atoms with Gasteiger partial charge in [-0.2, -0.15) is 31.6 Å². The molecule has 4 heterocycles. The maximum Gasteiger partial charge on any atom is 0.132 e. The summed E-state index contributed by atoms with van der Waals surface area (Å²) in [5, 5.41) is 51.8. The van der Waals surface area contributed by atoms with Crippen molar-refractivity contribution in [2.24, 2.45) is 5.73 Å². The van der Waals surface area contributed by atoms with E-state index in [2.05, 4.69) is 261 Å². The molecule has 0 saturated carbocycles. The van der Waals surface area contributed by atoms with Gasteiger partial charge in [0.15, 0.2) is 0 Å². The summed E-state index contributed by atoms with van der Waals surface area (Å²) in [6, 6.07) is 67.8. The molecule has 0 amide bonds. The van der Waals surface area contributed by atoms with Crippen LogP contribution in [0.3, 0.4) is 0 Å². The molecule has 15 nitrogen and oxygen atoms in total. The number of rotatable bonds is 22. The first-order valence-electron chi connectivity index (χ1n) is 41.2.